The minimum atomic E-state index is -0.742. The molecule has 22 heavy (non-hydrogen) atoms. The molecule has 0 spiro atoms. The SMILES string of the molecule is CC(CN)(NC(=O)CCCOc1ccc(F)cc1F)C1CC1. The van der Waals surface area contributed by atoms with Crippen LogP contribution >= 0.6 is 0 Å². The average Bonchev–Trinajstić information content (AvgIpc) is 3.30. The average molecular weight is 312 g/mol. The largest absolute Gasteiger partial charge is 0.491 e. The second-order valence-corrected chi connectivity index (χ2v) is 5.97. The Balaban J connectivity index is 1.71. The highest BCUT2D eigenvalue weighted by atomic mass is 19.1. The highest BCUT2D eigenvalue weighted by Gasteiger charge is 2.41. The number of hydrogen-bond acceptors (Lipinski definition) is 3. The quantitative estimate of drug-likeness (QED) is 0.724. The van der Waals surface area contributed by atoms with Crippen LogP contribution in [-0.4, -0.2) is 24.6 Å². The van der Waals surface area contributed by atoms with Gasteiger partial charge in [-0.3, -0.25) is 4.79 Å². The standard InChI is InChI=1S/C16H22F2N2O2/c1-16(10-19,11-4-5-11)20-15(21)3-2-8-22-14-7-6-12(17)9-13(14)18/h6-7,9,11H,2-5,8,10,19H2,1H3,(H,20,21). The highest BCUT2D eigenvalue weighted by Crippen LogP contribution is 2.39. The van der Waals surface area contributed by atoms with Gasteiger partial charge in [-0.15, -0.1) is 0 Å². The van der Waals surface area contributed by atoms with Crippen LogP contribution in [0.5, 0.6) is 5.75 Å². The summed E-state index contributed by atoms with van der Waals surface area (Å²) in [7, 11) is 0. The minimum Gasteiger partial charge on any atom is -0.491 e. The number of amides is 1. The smallest absolute Gasteiger partial charge is 0.220 e. The van der Waals surface area contributed by atoms with Gasteiger partial charge in [-0.1, -0.05) is 0 Å². The van der Waals surface area contributed by atoms with Crippen LogP contribution in [0.2, 0.25) is 0 Å². The van der Waals surface area contributed by atoms with Crippen molar-refractivity contribution in [2.75, 3.05) is 13.2 Å². The fourth-order valence-electron chi connectivity index (χ4n) is 2.43. The van der Waals surface area contributed by atoms with Crippen LogP contribution in [0.1, 0.15) is 32.6 Å². The van der Waals surface area contributed by atoms with Gasteiger partial charge in [0.25, 0.3) is 0 Å². The first kappa shape index (κ1) is 16.7. The molecule has 1 saturated carbocycles. The van der Waals surface area contributed by atoms with Gasteiger partial charge < -0.3 is 15.8 Å². The van der Waals surface area contributed by atoms with Gasteiger partial charge in [-0.05, 0) is 44.2 Å². The van der Waals surface area contributed by atoms with Crippen molar-refractivity contribution in [2.24, 2.45) is 11.7 Å². The molecular formula is C16H22F2N2O2. The van der Waals surface area contributed by atoms with Crippen molar-refractivity contribution in [3.05, 3.63) is 29.8 Å². The molecule has 1 unspecified atom stereocenters. The third kappa shape index (κ3) is 4.40. The fourth-order valence-corrected chi connectivity index (χ4v) is 2.43. The number of rotatable bonds is 8. The van der Waals surface area contributed by atoms with Crippen molar-refractivity contribution in [2.45, 2.75) is 38.1 Å². The third-order valence-electron chi connectivity index (χ3n) is 4.03. The maximum absolute atomic E-state index is 13.3. The van der Waals surface area contributed by atoms with Gasteiger partial charge in [0.2, 0.25) is 5.91 Å². The summed E-state index contributed by atoms with van der Waals surface area (Å²) in [5.41, 5.74) is 5.41. The Morgan fingerprint density at radius 1 is 1.45 bits per heavy atom. The molecule has 0 bridgehead atoms. The topological polar surface area (TPSA) is 64.3 Å². The number of hydrogen-bond donors (Lipinski definition) is 2. The number of nitrogens with two attached hydrogens (primary N) is 1. The molecule has 4 nitrogen and oxygen atoms in total. The van der Waals surface area contributed by atoms with E-state index in [-0.39, 0.29) is 30.2 Å². The molecule has 1 fully saturated rings. The number of ether oxygens (including phenoxy) is 1. The van der Waals surface area contributed by atoms with Gasteiger partial charge >= 0.3 is 0 Å². The summed E-state index contributed by atoms with van der Waals surface area (Å²) in [6, 6.07) is 3.14. The van der Waals surface area contributed by atoms with Crippen molar-refractivity contribution >= 4 is 5.91 Å². The molecule has 1 amide bonds. The first-order valence-electron chi connectivity index (χ1n) is 7.53. The van der Waals surface area contributed by atoms with Crippen molar-refractivity contribution in [3.8, 4) is 5.75 Å². The molecule has 6 heteroatoms. The van der Waals surface area contributed by atoms with Crippen LogP contribution in [0.25, 0.3) is 0 Å². The summed E-state index contributed by atoms with van der Waals surface area (Å²) < 4.78 is 31.3. The Hall–Kier alpha value is -1.69. The summed E-state index contributed by atoms with van der Waals surface area (Å²) in [5.74, 6) is -1.01. The molecule has 0 heterocycles. The summed E-state index contributed by atoms with van der Waals surface area (Å²) in [5, 5.41) is 2.98. The van der Waals surface area contributed by atoms with E-state index >= 15 is 0 Å². The number of carbonyl (C=O) groups is 1. The second-order valence-electron chi connectivity index (χ2n) is 5.97. The van der Waals surface area contributed by atoms with Crippen molar-refractivity contribution in [1.82, 2.24) is 5.32 Å². The van der Waals surface area contributed by atoms with Crippen LogP contribution in [0, 0.1) is 17.6 Å². The van der Waals surface area contributed by atoms with Gasteiger partial charge in [0.1, 0.15) is 5.82 Å². The number of carbonyl (C=O) groups excluding carboxylic acids is 1. The van der Waals surface area contributed by atoms with Crippen molar-refractivity contribution in [1.29, 1.82) is 0 Å². The Morgan fingerprint density at radius 2 is 2.18 bits per heavy atom. The maximum atomic E-state index is 13.3. The number of benzene rings is 1. The molecule has 2 rings (SSSR count). The summed E-state index contributed by atoms with van der Waals surface area (Å²) in [4.78, 5) is 11.9. The molecule has 1 aromatic rings. The van der Waals surface area contributed by atoms with E-state index in [0.29, 0.717) is 18.9 Å². The Morgan fingerprint density at radius 3 is 2.77 bits per heavy atom. The predicted octanol–water partition coefficient (Wildman–Crippen LogP) is 2.37. The van der Waals surface area contributed by atoms with E-state index in [2.05, 4.69) is 5.32 Å². The van der Waals surface area contributed by atoms with E-state index in [4.69, 9.17) is 10.5 Å². The number of halogens is 2. The van der Waals surface area contributed by atoms with E-state index in [1.54, 1.807) is 0 Å². The van der Waals surface area contributed by atoms with Gasteiger partial charge in [-0.2, -0.15) is 0 Å². The molecule has 1 atom stereocenters. The lowest BCUT2D eigenvalue weighted by atomic mass is 9.95. The second kappa shape index (κ2) is 7.05. The first-order chi connectivity index (χ1) is 10.4. The normalized spacial score (nSPS) is 16.9. The molecule has 122 valence electrons. The highest BCUT2D eigenvalue weighted by molar-refractivity contribution is 5.76. The zero-order valence-corrected chi connectivity index (χ0v) is 12.7. The minimum absolute atomic E-state index is 0.00779. The van der Waals surface area contributed by atoms with Gasteiger partial charge in [-0.25, -0.2) is 8.78 Å². The van der Waals surface area contributed by atoms with Gasteiger partial charge in [0, 0.05) is 19.0 Å². The van der Waals surface area contributed by atoms with E-state index in [1.807, 2.05) is 6.92 Å². The summed E-state index contributed by atoms with van der Waals surface area (Å²) in [6.45, 7) is 2.58. The van der Waals surface area contributed by atoms with Crippen LogP contribution in [0.3, 0.4) is 0 Å². The van der Waals surface area contributed by atoms with Crippen LogP contribution in [-0.2, 0) is 4.79 Å². The molecule has 0 radical (unpaired) electrons. The van der Waals surface area contributed by atoms with Crippen LogP contribution in [0.15, 0.2) is 18.2 Å². The van der Waals surface area contributed by atoms with Crippen molar-refractivity contribution < 1.29 is 18.3 Å². The molecule has 3 N–H and O–H groups in total. The number of nitrogens with one attached hydrogen (secondary N) is 1. The molecule has 0 saturated heterocycles. The summed E-state index contributed by atoms with van der Waals surface area (Å²) in [6.07, 6.45) is 2.93. The summed E-state index contributed by atoms with van der Waals surface area (Å²) >= 11 is 0. The molecular weight excluding hydrogens is 290 g/mol. The molecule has 0 aromatic heterocycles. The predicted molar refractivity (Wildman–Crippen MR) is 79.4 cm³/mol. The lowest BCUT2D eigenvalue weighted by Crippen LogP contribution is -2.53. The van der Waals surface area contributed by atoms with Crippen molar-refractivity contribution in [3.63, 3.8) is 0 Å². The Kier molecular flexibility index (Phi) is 5.34. The molecule has 1 aliphatic rings. The first-order valence-corrected chi connectivity index (χ1v) is 7.53. The lowest BCUT2D eigenvalue weighted by molar-refractivity contribution is -0.123. The maximum Gasteiger partial charge on any atom is 0.220 e. The molecule has 1 aromatic carbocycles. The Labute approximate surface area is 129 Å². The zero-order valence-electron chi connectivity index (χ0n) is 12.7. The Bertz CT molecular complexity index is 535. The fraction of sp³-hybridized carbons (Fsp3) is 0.562. The van der Waals surface area contributed by atoms with E-state index < -0.39 is 11.6 Å². The molecule has 0 aliphatic heterocycles. The monoisotopic (exact) mass is 312 g/mol. The zero-order chi connectivity index (χ0) is 16.2. The van der Waals surface area contributed by atoms with E-state index in [1.165, 1.54) is 6.07 Å². The van der Waals surface area contributed by atoms with E-state index in [0.717, 1.165) is 25.0 Å². The van der Waals surface area contributed by atoms with Crippen LogP contribution < -0.4 is 15.8 Å². The molecule has 1 aliphatic carbocycles. The third-order valence-corrected chi connectivity index (χ3v) is 4.03. The van der Waals surface area contributed by atoms with E-state index in [9.17, 15) is 13.6 Å². The van der Waals surface area contributed by atoms with Gasteiger partial charge in [0.15, 0.2) is 11.6 Å². The lowest BCUT2D eigenvalue weighted by Gasteiger charge is -2.29. The van der Waals surface area contributed by atoms with Gasteiger partial charge in [0.05, 0.1) is 12.1 Å². The van der Waals surface area contributed by atoms with Crippen LogP contribution in [0.4, 0.5) is 8.78 Å².